The first kappa shape index (κ1) is 27.2. The smallest absolute Gasteiger partial charge is 0.243 e. The van der Waals surface area contributed by atoms with Crippen molar-refractivity contribution in [2.75, 3.05) is 32.1 Å². The summed E-state index contributed by atoms with van der Waals surface area (Å²) in [6.07, 6.45) is 11.0. The predicted molar refractivity (Wildman–Crippen MR) is 121 cm³/mol. The minimum absolute atomic E-state index is 0.105. The monoisotopic (exact) mass is 457 g/mol. The van der Waals surface area contributed by atoms with Gasteiger partial charge in [0.2, 0.25) is 15.9 Å². The molecule has 1 aromatic heterocycles. The van der Waals surface area contributed by atoms with Crippen LogP contribution in [-0.4, -0.2) is 55.9 Å². The minimum atomic E-state index is -3.68. The lowest BCUT2D eigenvalue weighted by molar-refractivity contribution is -0.116. The van der Waals surface area contributed by atoms with Crippen molar-refractivity contribution in [3.05, 3.63) is 36.2 Å². The average Bonchev–Trinajstić information content (AvgIpc) is 2.77. The first-order valence-corrected chi connectivity index (χ1v) is 12.6. The number of unbranched alkanes of at least 4 members (excludes halogenated alkanes) is 2. The second-order valence-corrected chi connectivity index (χ2v) is 9.34. The number of halogens is 1. The normalized spacial score (nSPS) is 13.0. The highest BCUT2D eigenvalue weighted by Gasteiger charge is 2.23. The van der Waals surface area contributed by atoms with E-state index in [0.29, 0.717) is 25.8 Å². The van der Waals surface area contributed by atoms with E-state index in [9.17, 15) is 17.6 Å². The maximum atomic E-state index is 12.8. The third kappa shape index (κ3) is 11.9. The maximum Gasteiger partial charge on any atom is 0.243 e. The van der Waals surface area contributed by atoms with Crippen molar-refractivity contribution in [3.63, 3.8) is 0 Å². The van der Waals surface area contributed by atoms with Crippen LogP contribution in [0.25, 0.3) is 6.08 Å². The van der Waals surface area contributed by atoms with Gasteiger partial charge >= 0.3 is 0 Å². The molecule has 1 unspecified atom stereocenters. The molecule has 1 amide bonds. The van der Waals surface area contributed by atoms with Crippen LogP contribution in [0.15, 0.2) is 30.6 Å². The van der Waals surface area contributed by atoms with E-state index in [4.69, 9.17) is 4.84 Å². The summed E-state index contributed by atoms with van der Waals surface area (Å²) in [5, 5.41) is 2.76. The Labute approximate surface area is 186 Å². The number of nitrogens with one attached hydrogen (secondary N) is 1. The number of rotatable bonds is 17. The number of pyridine rings is 1. The predicted octanol–water partition coefficient (Wildman–Crippen LogP) is 3.74. The molecule has 0 saturated carbocycles. The van der Waals surface area contributed by atoms with Crippen LogP contribution >= 0.6 is 0 Å². The van der Waals surface area contributed by atoms with Crippen LogP contribution in [0, 0.1) is 5.92 Å². The molecular weight excluding hydrogens is 421 g/mol. The van der Waals surface area contributed by atoms with Crippen molar-refractivity contribution in [3.8, 4) is 0 Å². The first-order valence-electron chi connectivity index (χ1n) is 11.0. The Bertz CT molecular complexity index is 744. The fraction of sp³-hybridized carbons (Fsp3) is 0.636. The third-order valence-electron chi connectivity index (χ3n) is 4.80. The molecule has 1 aromatic rings. The van der Waals surface area contributed by atoms with Crippen LogP contribution < -0.4 is 5.32 Å². The highest BCUT2D eigenvalue weighted by Crippen LogP contribution is 2.14. The largest absolute Gasteiger partial charge is 0.353 e. The number of carbonyl (C=O) groups excluding carboxylic acids is 1. The number of hydrogen-bond donors (Lipinski definition) is 1. The molecule has 1 heterocycles. The Morgan fingerprint density at radius 3 is 2.77 bits per heavy atom. The number of hydroxylamine groups is 1. The number of alkyl halides is 1. The molecule has 0 aliphatic carbocycles. The van der Waals surface area contributed by atoms with Gasteiger partial charge in [-0.3, -0.25) is 14.6 Å². The maximum absolute atomic E-state index is 12.8. The SMILES string of the molecule is CCCC(CC)CON(CCF)S(=O)(=O)CCCCCNC(=O)/C=C/c1cccnc1. The number of nitrogens with zero attached hydrogens (tertiary/aromatic N) is 2. The van der Waals surface area contributed by atoms with Gasteiger partial charge in [-0.1, -0.05) is 43.6 Å². The molecular formula is C22H36FN3O4S. The van der Waals surface area contributed by atoms with E-state index in [2.05, 4.69) is 17.2 Å². The summed E-state index contributed by atoms with van der Waals surface area (Å²) in [4.78, 5) is 21.2. The van der Waals surface area contributed by atoms with Gasteiger partial charge in [0.1, 0.15) is 6.67 Å². The number of carbonyl (C=O) groups is 1. The second kappa shape index (κ2) is 15.9. The van der Waals surface area contributed by atoms with Gasteiger partial charge in [0.05, 0.1) is 18.9 Å². The number of amides is 1. The quantitative estimate of drug-likeness (QED) is 0.219. The molecule has 0 bridgehead atoms. The molecule has 176 valence electrons. The van der Waals surface area contributed by atoms with Gasteiger partial charge in [-0.15, -0.1) is 0 Å². The van der Waals surface area contributed by atoms with Gasteiger partial charge in [0.15, 0.2) is 0 Å². The topological polar surface area (TPSA) is 88.6 Å². The number of aromatic nitrogens is 1. The van der Waals surface area contributed by atoms with Crippen molar-refractivity contribution in [1.82, 2.24) is 14.8 Å². The Kier molecular flexibility index (Phi) is 13.9. The van der Waals surface area contributed by atoms with Crippen molar-refractivity contribution in [2.45, 2.75) is 52.4 Å². The molecule has 0 aromatic carbocycles. The lowest BCUT2D eigenvalue weighted by Gasteiger charge is -2.23. The molecule has 1 atom stereocenters. The zero-order valence-corrected chi connectivity index (χ0v) is 19.4. The lowest BCUT2D eigenvalue weighted by Crippen LogP contribution is -2.36. The van der Waals surface area contributed by atoms with Crippen LogP contribution in [0.3, 0.4) is 0 Å². The van der Waals surface area contributed by atoms with Gasteiger partial charge in [-0.2, -0.15) is 0 Å². The number of hydrogen-bond acceptors (Lipinski definition) is 5. The lowest BCUT2D eigenvalue weighted by atomic mass is 10.0. The van der Waals surface area contributed by atoms with E-state index < -0.39 is 16.7 Å². The van der Waals surface area contributed by atoms with E-state index in [1.165, 1.54) is 6.08 Å². The van der Waals surface area contributed by atoms with Crippen LogP contribution in [0.4, 0.5) is 4.39 Å². The Hall–Kier alpha value is -1.84. The minimum Gasteiger partial charge on any atom is -0.353 e. The van der Waals surface area contributed by atoms with Gasteiger partial charge < -0.3 is 5.32 Å². The molecule has 31 heavy (non-hydrogen) atoms. The van der Waals surface area contributed by atoms with Crippen molar-refractivity contribution in [1.29, 1.82) is 0 Å². The fourth-order valence-corrected chi connectivity index (χ4v) is 4.30. The van der Waals surface area contributed by atoms with E-state index >= 15 is 0 Å². The van der Waals surface area contributed by atoms with E-state index in [1.54, 1.807) is 24.5 Å². The molecule has 0 spiro atoms. The molecule has 0 saturated heterocycles. The standard InChI is InChI=1S/C22H36FN3O4S/c1-3-9-20(4-2)19-30-26(16-13-23)31(28,29)17-7-5-6-15-25-22(27)12-11-21-10-8-14-24-18-21/h8,10-12,14,18,20H,3-7,9,13,15-17,19H2,1-2H3,(H,25,27)/b12-11+. The molecule has 0 aliphatic heterocycles. The summed E-state index contributed by atoms with van der Waals surface area (Å²) in [6, 6.07) is 3.64. The molecule has 1 rings (SSSR count). The van der Waals surface area contributed by atoms with Crippen LogP contribution in [0.1, 0.15) is 57.9 Å². The molecule has 0 aliphatic rings. The Morgan fingerprint density at radius 2 is 2.13 bits per heavy atom. The average molecular weight is 458 g/mol. The molecule has 0 fully saturated rings. The highest BCUT2D eigenvalue weighted by molar-refractivity contribution is 7.88. The second-order valence-electron chi connectivity index (χ2n) is 7.36. The molecule has 7 nitrogen and oxygen atoms in total. The van der Waals surface area contributed by atoms with Gasteiger partial charge in [-0.25, -0.2) is 12.8 Å². The van der Waals surface area contributed by atoms with Crippen molar-refractivity contribution < 1.29 is 22.4 Å². The van der Waals surface area contributed by atoms with Gasteiger partial charge in [0.25, 0.3) is 0 Å². The van der Waals surface area contributed by atoms with Gasteiger partial charge in [0, 0.05) is 25.0 Å². The molecule has 0 radical (unpaired) electrons. The summed E-state index contributed by atoms with van der Waals surface area (Å²) in [7, 11) is -3.68. The van der Waals surface area contributed by atoms with Crippen LogP contribution in [0.5, 0.6) is 0 Å². The molecule has 1 N–H and O–H groups in total. The Morgan fingerprint density at radius 1 is 1.32 bits per heavy atom. The third-order valence-corrected chi connectivity index (χ3v) is 6.51. The van der Waals surface area contributed by atoms with Crippen LogP contribution in [0.2, 0.25) is 0 Å². The van der Waals surface area contributed by atoms with E-state index in [-0.39, 0.29) is 30.7 Å². The zero-order valence-electron chi connectivity index (χ0n) is 18.6. The van der Waals surface area contributed by atoms with E-state index in [0.717, 1.165) is 29.3 Å². The van der Waals surface area contributed by atoms with Crippen LogP contribution in [-0.2, 0) is 19.7 Å². The Balaban J connectivity index is 2.31. The summed E-state index contributed by atoms with van der Waals surface area (Å²) in [5.41, 5.74) is 0.836. The van der Waals surface area contributed by atoms with E-state index in [1.807, 2.05) is 13.0 Å². The van der Waals surface area contributed by atoms with Gasteiger partial charge in [-0.05, 0) is 42.9 Å². The highest BCUT2D eigenvalue weighted by atomic mass is 32.2. The first-order chi connectivity index (χ1) is 14.9. The summed E-state index contributed by atoms with van der Waals surface area (Å²) < 4.78 is 38.6. The number of sulfonamides is 1. The van der Waals surface area contributed by atoms with Crippen molar-refractivity contribution in [2.24, 2.45) is 5.92 Å². The molecule has 9 heteroatoms. The summed E-state index contributed by atoms with van der Waals surface area (Å²) in [6.45, 7) is 3.76. The summed E-state index contributed by atoms with van der Waals surface area (Å²) >= 11 is 0. The summed E-state index contributed by atoms with van der Waals surface area (Å²) in [5.74, 6) is -0.0541. The van der Waals surface area contributed by atoms with Crippen molar-refractivity contribution >= 4 is 22.0 Å². The fourth-order valence-electron chi connectivity index (χ4n) is 2.96. The zero-order chi connectivity index (χ0) is 23.0.